The third-order valence-corrected chi connectivity index (χ3v) is 9.08. The number of imidazole rings is 1. The summed E-state index contributed by atoms with van der Waals surface area (Å²) < 4.78 is 29.8. The summed E-state index contributed by atoms with van der Waals surface area (Å²) in [5, 5.41) is 0. The van der Waals surface area contributed by atoms with E-state index in [4.69, 9.17) is 4.98 Å². The topological polar surface area (TPSA) is 52.0 Å². The molecule has 184 valence electrons. The first-order valence-corrected chi connectivity index (χ1v) is 14.2. The van der Waals surface area contributed by atoms with Gasteiger partial charge in [-0.05, 0) is 75.8 Å². The molecule has 0 spiro atoms. The summed E-state index contributed by atoms with van der Waals surface area (Å²) in [6.45, 7) is 2.05. The van der Waals surface area contributed by atoms with Crippen LogP contribution in [-0.4, -0.2) is 18.0 Å². The first-order chi connectivity index (χ1) is 18.5. The maximum atomic E-state index is 13.9. The summed E-state index contributed by atoms with van der Waals surface area (Å²) in [4.78, 5) is 5.54. The van der Waals surface area contributed by atoms with E-state index in [9.17, 15) is 8.42 Å². The highest BCUT2D eigenvalue weighted by Crippen LogP contribution is 2.42. The Morgan fingerprint density at radius 1 is 0.605 bits per heavy atom. The molecule has 1 aromatic heterocycles. The molecule has 0 saturated carbocycles. The highest BCUT2D eigenvalue weighted by molar-refractivity contribution is 7.92. The van der Waals surface area contributed by atoms with Gasteiger partial charge in [-0.1, -0.05) is 79.7 Å². The third-order valence-electron chi connectivity index (χ3n) is 7.27. The van der Waals surface area contributed by atoms with Crippen LogP contribution in [0.5, 0.6) is 0 Å². The van der Waals surface area contributed by atoms with Gasteiger partial charge in [-0.2, -0.15) is 0 Å². The summed E-state index contributed by atoms with van der Waals surface area (Å²) in [5.74, 6) is 0.851. The molecular formula is C33H24N2O2S. The Morgan fingerprint density at radius 3 is 1.74 bits per heavy atom. The Bertz CT molecular complexity index is 1900. The van der Waals surface area contributed by atoms with Crippen LogP contribution in [0.15, 0.2) is 125 Å². The molecule has 0 unspecified atom stereocenters. The molecule has 38 heavy (non-hydrogen) atoms. The van der Waals surface area contributed by atoms with Crippen LogP contribution in [-0.2, 0) is 16.3 Å². The van der Waals surface area contributed by atoms with Gasteiger partial charge in [-0.15, -0.1) is 0 Å². The molecule has 0 radical (unpaired) electrons. The van der Waals surface area contributed by atoms with E-state index in [0.29, 0.717) is 32.9 Å². The number of aromatic nitrogens is 2. The third kappa shape index (κ3) is 3.43. The summed E-state index contributed by atoms with van der Waals surface area (Å²) in [5.41, 5.74) is 8.16. The number of aryl methyl sites for hydroxylation is 1. The minimum atomic E-state index is -3.72. The summed E-state index contributed by atoms with van der Waals surface area (Å²) in [7, 11) is -3.72. The van der Waals surface area contributed by atoms with Crippen LogP contribution >= 0.6 is 0 Å². The van der Waals surface area contributed by atoms with E-state index in [2.05, 4.69) is 42.5 Å². The van der Waals surface area contributed by atoms with Crippen LogP contribution in [0, 0.1) is 0 Å². The summed E-state index contributed by atoms with van der Waals surface area (Å²) in [6.07, 6.45) is 0.694. The molecular weight excluding hydrogens is 488 g/mol. The number of fused-ring (bicyclic) bond motifs is 2. The zero-order valence-electron chi connectivity index (χ0n) is 20.8. The number of hydrogen-bond donors (Lipinski definition) is 0. The van der Waals surface area contributed by atoms with Crippen molar-refractivity contribution in [3.05, 3.63) is 121 Å². The van der Waals surface area contributed by atoms with Crippen LogP contribution < -0.4 is 0 Å². The van der Waals surface area contributed by atoms with Crippen LogP contribution in [0.3, 0.4) is 0 Å². The van der Waals surface area contributed by atoms with E-state index in [1.807, 2.05) is 72.2 Å². The van der Waals surface area contributed by atoms with E-state index in [1.165, 1.54) is 0 Å². The molecule has 5 heteroatoms. The number of benzene rings is 5. The first-order valence-electron chi connectivity index (χ1n) is 12.7. The SMILES string of the molecule is CCc1nc2cc(-c3cc(-c4ccccc4)cc(-c4ccccc4)c3)cc3c2n1-c1ccccc1S3(=O)=O. The van der Waals surface area contributed by atoms with Crippen LogP contribution in [0.4, 0.5) is 0 Å². The van der Waals surface area contributed by atoms with Crippen LogP contribution in [0.2, 0.25) is 0 Å². The Labute approximate surface area is 221 Å². The van der Waals surface area contributed by atoms with Crippen molar-refractivity contribution in [3.8, 4) is 39.1 Å². The molecule has 0 atom stereocenters. The van der Waals surface area contributed by atoms with Crippen molar-refractivity contribution >= 4 is 20.9 Å². The van der Waals surface area contributed by atoms with Gasteiger partial charge in [-0.3, -0.25) is 4.57 Å². The van der Waals surface area contributed by atoms with Gasteiger partial charge in [0.25, 0.3) is 0 Å². The zero-order chi connectivity index (χ0) is 25.9. The lowest BCUT2D eigenvalue weighted by atomic mass is 9.93. The first kappa shape index (κ1) is 22.7. The molecule has 7 rings (SSSR count). The normalized spacial score (nSPS) is 13.4. The fraction of sp³-hybridized carbons (Fsp3) is 0.0606. The number of nitrogens with zero attached hydrogens (tertiary/aromatic N) is 2. The van der Waals surface area contributed by atoms with E-state index >= 15 is 0 Å². The summed E-state index contributed by atoms with van der Waals surface area (Å²) >= 11 is 0. The molecule has 1 aliphatic rings. The second-order valence-electron chi connectivity index (χ2n) is 9.56. The molecule has 0 fully saturated rings. The molecule has 0 saturated heterocycles. The van der Waals surface area contributed by atoms with E-state index < -0.39 is 9.84 Å². The second kappa shape index (κ2) is 8.54. The van der Waals surface area contributed by atoms with Gasteiger partial charge >= 0.3 is 0 Å². The molecule has 0 N–H and O–H groups in total. The van der Waals surface area contributed by atoms with Crippen molar-refractivity contribution in [1.82, 2.24) is 9.55 Å². The zero-order valence-corrected chi connectivity index (χ0v) is 21.6. The highest BCUT2D eigenvalue weighted by Gasteiger charge is 2.33. The van der Waals surface area contributed by atoms with Crippen LogP contribution in [0.1, 0.15) is 12.7 Å². The average molecular weight is 513 g/mol. The van der Waals surface area contributed by atoms with Gasteiger partial charge in [0.15, 0.2) is 0 Å². The molecule has 2 heterocycles. The van der Waals surface area contributed by atoms with Crippen molar-refractivity contribution < 1.29 is 8.42 Å². The Balaban J connectivity index is 1.52. The Kier molecular flexibility index (Phi) is 5.10. The van der Waals surface area contributed by atoms with Crippen molar-refractivity contribution in [1.29, 1.82) is 0 Å². The van der Waals surface area contributed by atoms with Gasteiger partial charge < -0.3 is 0 Å². The Morgan fingerprint density at radius 2 is 1.13 bits per heavy atom. The predicted octanol–water partition coefficient (Wildman–Crippen LogP) is 7.74. The maximum Gasteiger partial charge on any atom is 0.210 e. The number of rotatable bonds is 4. The highest BCUT2D eigenvalue weighted by atomic mass is 32.2. The van der Waals surface area contributed by atoms with E-state index in [0.717, 1.165) is 39.2 Å². The average Bonchev–Trinajstić information content (AvgIpc) is 3.35. The van der Waals surface area contributed by atoms with Gasteiger partial charge in [0.05, 0.1) is 26.5 Å². The van der Waals surface area contributed by atoms with Gasteiger partial charge in [0.2, 0.25) is 9.84 Å². The molecule has 4 nitrogen and oxygen atoms in total. The van der Waals surface area contributed by atoms with Crippen molar-refractivity contribution in [3.63, 3.8) is 0 Å². The van der Waals surface area contributed by atoms with Gasteiger partial charge in [-0.25, -0.2) is 13.4 Å². The lowest BCUT2D eigenvalue weighted by Crippen LogP contribution is -2.15. The fourth-order valence-electron chi connectivity index (χ4n) is 5.47. The van der Waals surface area contributed by atoms with Crippen molar-refractivity contribution in [2.45, 2.75) is 23.1 Å². The quantitative estimate of drug-likeness (QED) is 0.242. The second-order valence-corrected chi connectivity index (χ2v) is 11.4. The van der Waals surface area contributed by atoms with Gasteiger partial charge in [0.1, 0.15) is 5.82 Å². The van der Waals surface area contributed by atoms with Gasteiger partial charge in [0, 0.05) is 6.42 Å². The molecule has 5 aromatic carbocycles. The molecule has 0 bridgehead atoms. The lowest BCUT2D eigenvalue weighted by molar-refractivity contribution is 0.594. The van der Waals surface area contributed by atoms with Crippen molar-refractivity contribution in [2.75, 3.05) is 0 Å². The minimum Gasteiger partial charge on any atom is -0.294 e. The fourth-order valence-corrected chi connectivity index (χ4v) is 7.13. The molecule has 1 aliphatic heterocycles. The maximum absolute atomic E-state index is 13.9. The standard InChI is InChI=1S/C33H24N2O2S/c1-2-32-34-28-20-27(21-31-33(28)35(32)29-15-9-10-16-30(29)38(31,36)37)26-18-24(22-11-5-3-6-12-22)17-25(19-26)23-13-7-4-8-14-23/h3-21H,2H2,1H3. The number of sulfone groups is 1. The monoisotopic (exact) mass is 512 g/mol. The number of para-hydroxylation sites is 1. The molecule has 6 aromatic rings. The van der Waals surface area contributed by atoms with E-state index in [-0.39, 0.29) is 0 Å². The molecule has 0 amide bonds. The van der Waals surface area contributed by atoms with Crippen molar-refractivity contribution in [2.24, 2.45) is 0 Å². The Hall–Kier alpha value is -4.48. The number of hydrogen-bond acceptors (Lipinski definition) is 3. The molecule has 0 aliphatic carbocycles. The predicted molar refractivity (Wildman–Crippen MR) is 152 cm³/mol. The minimum absolute atomic E-state index is 0.308. The smallest absolute Gasteiger partial charge is 0.210 e. The summed E-state index contributed by atoms with van der Waals surface area (Å²) in [6, 6.07) is 38.0. The lowest BCUT2D eigenvalue weighted by Gasteiger charge is -2.21. The largest absolute Gasteiger partial charge is 0.294 e. The van der Waals surface area contributed by atoms with E-state index in [1.54, 1.807) is 12.1 Å². The van der Waals surface area contributed by atoms with Crippen LogP contribution in [0.25, 0.3) is 50.1 Å².